The Bertz CT molecular complexity index is 704. The molecule has 0 spiro atoms. The van der Waals surface area contributed by atoms with E-state index in [-0.39, 0.29) is 5.91 Å². The second kappa shape index (κ2) is 6.65. The van der Waals surface area contributed by atoms with Crippen LogP contribution in [0.4, 0.5) is 5.69 Å². The highest BCUT2D eigenvalue weighted by atomic mass is 35.5. The predicted molar refractivity (Wildman–Crippen MR) is 86.1 cm³/mol. The van der Waals surface area contributed by atoms with E-state index in [1.807, 2.05) is 12.3 Å². The summed E-state index contributed by atoms with van der Waals surface area (Å²) < 4.78 is 0. The van der Waals surface area contributed by atoms with Crippen LogP contribution >= 0.6 is 23.4 Å². The van der Waals surface area contributed by atoms with Crippen molar-refractivity contribution >= 4 is 40.9 Å². The minimum Gasteiger partial charge on any atom is -0.366 e. The lowest BCUT2D eigenvalue weighted by atomic mass is 10.1. The molecule has 0 unspecified atom stereocenters. The molecule has 0 aliphatic carbocycles. The standard InChI is InChI=1S/C15H13ClN2O2S/c1-21-11-5-6-13(16)12(8-11)15(20)18-10-4-2-3-9(7-10)14(17)19/h2-8H,1H3,(H2,17,19)(H,18,20). The predicted octanol–water partition coefficient (Wildman–Crippen LogP) is 3.41. The average molecular weight is 321 g/mol. The smallest absolute Gasteiger partial charge is 0.257 e. The van der Waals surface area contributed by atoms with Crippen molar-refractivity contribution in [2.75, 3.05) is 11.6 Å². The highest BCUT2D eigenvalue weighted by Crippen LogP contribution is 2.24. The molecule has 2 aromatic rings. The monoisotopic (exact) mass is 320 g/mol. The van der Waals surface area contributed by atoms with Crippen molar-refractivity contribution in [2.24, 2.45) is 5.73 Å². The maximum Gasteiger partial charge on any atom is 0.257 e. The van der Waals surface area contributed by atoms with Gasteiger partial charge in [0, 0.05) is 16.1 Å². The lowest BCUT2D eigenvalue weighted by Crippen LogP contribution is -2.14. The van der Waals surface area contributed by atoms with Crippen molar-refractivity contribution in [1.29, 1.82) is 0 Å². The fourth-order valence-electron chi connectivity index (χ4n) is 1.75. The number of benzene rings is 2. The summed E-state index contributed by atoms with van der Waals surface area (Å²) in [5.74, 6) is -0.883. The number of rotatable bonds is 4. The van der Waals surface area contributed by atoms with E-state index in [1.165, 1.54) is 17.8 Å². The van der Waals surface area contributed by atoms with E-state index in [9.17, 15) is 9.59 Å². The number of nitrogens with one attached hydrogen (secondary N) is 1. The summed E-state index contributed by atoms with van der Waals surface area (Å²) in [6.45, 7) is 0. The molecule has 0 aliphatic heterocycles. The second-order valence-electron chi connectivity index (χ2n) is 4.24. The van der Waals surface area contributed by atoms with Crippen molar-refractivity contribution < 1.29 is 9.59 Å². The molecule has 108 valence electrons. The molecule has 0 radical (unpaired) electrons. The van der Waals surface area contributed by atoms with Crippen molar-refractivity contribution in [3.05, 3.63) is 58.6 Å². The number of primary amides is 1. The molecule has 0 saturated carbocycles. The van der Waals surface area contributed by atoms with E-state index in [0.29, 0.717) is 21.8 Å². The largest absolute Gasteiger partial charge is 0.366 e. The zero-order chi connectivity index (χ0) is 15.4. The number of amides is 2. The Kier molecular flexibility index (Phi) is 4.88. The number of carbonyl (C=O) groups is 2. The molecule has 0 heterocycles. The summed E-state index contributed by atoms with van der Waals surface area (Å²) >= 11 is 7.57. The Morgan fingerprint density at radius 3 is 2.62 bits per heavy atom. The molecule has 6 heteroatoms. The van der Waals surface area contributed by atoms with Crippen LogP contribution < -0.4 is 11.1 Å². The Morgan fingerprint density at radius 1 is 1.19 bits per heavy atom. The van der Waals surface area contributed by atoms with Crippen molar-refractivity contribution in [3.63, 3.8) is 0 Å². The minimum atomic E-state index is -0.548. The van der Waals surface area contributed by atoms with Gasteiger partial charge in [-0.2, -0.15) is 0 Å². The number of hydrogen-bond donors (Lipinski definition) is 2. The number of carbonyl (C=O) groups excluding carboxylic acids is 2. The van der Waals surface area contributed by atoms with Crippen LogP contribution in [0.1, 0.15) is 20.7 Å². The third kappa shape index (κ3) is 3.77. The number of thioether (sulfide) groups is 1. The van der Waals surface area contributed by atoms with Gasteiger partial charge in [0.15, 0.2) is 0 Å². The number of anilines is 1. The Morgan fingerprint density at radius 2 is 1.95 bits per heavy atom. The molecule has 21 heavy (non-hydrogen) atoms. The third-order valence-electron chi connectivity index (χ3n) is 2.82. The van der Waals surface area contributed by atoms with E-state index < -0.39 is 5.91 Å². The van der Waals surface area contributed by atoms with Gasteiger partial charge in [-0.15, -0.1) is 11.8 Å². The van der Waals surface area contributed by atoms with Crippen LogP contribution in [0.2, 0.25) is 5.02 Å². The maximum atomic E-state index is 12.3. The molecule has 0 saturated heterocycles. The molecule has 0 bridgehead atoms. The van der Waals surface area contributed by atoms with Gasteiger partial charge >= 0.3 is 0 Å². The normalized spacial score (nSPS) is 10.2. The number of nitrogens with two attached hydrogens (primary N) is 1. The second-order valence-corrected chi connectivity index (χ2v) is 5.53. The van der Waals surface area contributed by atoms with Crippen LogP contribution in [0.5, 0.6) is 0 Å². The number of halogens is 1. The van der Waals surface area contributed by atoms with Crippen LogP contribution in [-0.2, 0) is 0 Å². The van der Waals surface area contributed by atoms with Gasteiger partial charge in [0.05, 0.1) is 10.6 Å². The molecular formula is C15H13ClN2O2S. The number of hydrogen-bond acceptors (Lipinski definition) is 3. The first kappa shape index (κ1) is 15.4. The van der Waals surface area contributed by atoms with E-state index in [2.05, 4.69) is 5.32 Å². The summed E-state index contributed by atoms with van der Waals surface area (Å²) in [5, 5.41) is 3.08. The summed E-state index contributed by atoms with van der Waals surface area (Å²) in [4.78, 5) is 24.3. The van der Waals surface area contributed by atoms with E-state index in [0.717, 1.165) is 4.90 Å². The minimum absolute atomic E-state index is 0.330. The third-order valence-corrected chi connectivity index (χ3v) is 3.88. The summed E-state index contributed by atoms with van der Waals surface area (Å²) in [5.41, 5.74) is 6.41. The van der Waals surface area contributed by atoms with Gasteiger partial charge in [-0.1, -0.05) is 17.7 Å². The molecule has 3 N–H and O–H groups in total. The van der Waals surface area contributed by atoms with Gasteiger partial charge in [0.1, 0.15) is 0 Å². The van der Waals surface area contributed by atoms with Gasteiger partial charge < -0.3 is 11.1 Å². The average Bonchev–Trinajstić information content (AvgIpc) is 2.48. The zero-order valence-corrected chi connectivity index (χ0v) is 12.8. The van der Waals surface area contributed by atoms with Gasteiger partial charge in [0.2, 0.25) is 5.91 Å². The van der Waals surface area contributed by atoms with E-state index >= 15 is 0 Å². The summed E-state index contributed by atoms with van der Waals surface area (Å²) in [6.07, 6.45) is 1.92. The zero-order valence-electron chi connectivity index (χ0n) is 11.2. The first-order valence-electron chi connectivity index (χ1n) is 6.06. The SMILES string of the molecule is CSc1ccc(Cl)c(C(=O)Nc2cccc(C(N)=O)c2)c1. The molecular weight excluding hydrogens is 308 g/mol. The molecule has 0 fully saturated rings. The van der Waals surface area contributed by atoms with Crippen LogP contribution in [0.3, 0.4) is 0 Å². The molecule has 0 aliphatic rings. The summed E-state index contributed by atoms with van der Waals surface area (Å²) in [7, 11) is 0. The van der Waals surface area contributed by atoms with E-state index in [4.69, 9.17) is 17.3 Å². The first-order valence-corrected chi connectivity index (χ1v) is 7.66. The first-order chi connectivity index (χ1) is 10.0. The Balaban J connectivity index is 2.25. The van der Waals surface area contributed by atoms with Gasteiger partial charge in [-0.3, -0.25) is 9.59 Å². The van der Waals surface area contributed by atoms with Crippen molar-refractivity contribution in [2.45, 2.75) is 4.90 Å². The maximum absolute atomic E-state index is 12.3. The van der Waals surface area contributed by atoms with Crippen LogP contribution in [0, 0.1) is 0 Å². The highest BCUT2D eigenvalue weighted by molar-refractivity contribution is 7.98. The molecule has 2 rings (SSSR count). The van der Waals surface area contributed by atoms with E-state index in [1.54, 1.807) is 30.3 Å². The van der Waals surface area contributed by atoms with Gasteiger partial charge in [-0.25, -0.2) is 0 Å². The lowest BCUT2D eigenvalue weighted by Gasteiger charge is -2.09. The topological polar surface area (TPSA) is 72.2 Å². The molecule has 0 atom stereocenters. The Labute approximate surface area is 131 Å². The van der Waals surface area contributed by atoms with Crippen LogP contribution in [-0.4, -0.2) is 18.1 Å². The van der Waals surface area contributed by atoms with Crippen molar-refractivity contribution in [3.8, 4) is 0 Å². The Hall–Kier alpha value is -1.98. The fraction of sp³-hybridized carbons (Fsp3) is 0.0667. The molecule has 2 aromatic carbocycles. The van der Waals surface area contributed by atoms with Gasteiger partial charge in [-0.05, 0) is 42.7 Å². The quantitative estimate of drug-likeness (QED) is 0.848. The fourth-order valence-corrected chi connectivity index (χ4v) is 2.40. The van der Waals surface area contributed by atoms with Gasteiger partial charge in [0.25, 0.3) is 5.91 Å². The molecule has 2 amide bonds. The molecule has 4 nitrogen and oxygen atoms in total. The lowest BCUT2D eigenvalue weighted by molar-refractivity contribution is 0.0996. The molecule has 0 aromatic heterocycles. The van der Waals surface area contributed by atoms with Crippen LogP contribution in [0.15, 0.2) is 47.4 Å². The van der Waals surface area contributed by atoms with Crippen molar-refractivity contribution in [1.82, 2.24) is 0 Å². The van der Waals surface area contributed by atoms with Crippen LogP contribution in [0.25, 0.3) is 0 Å². The summed E-state index contributed by atoms with van der Waals surface area (Å²) in [6, 6.07) is 11.7. The highest BCUT2D eigenvalue weighted by Gasteiger charge is 2.12.